The van der Waals surface area contributed by atoms with Crippen molar-refractivity contribution in [1.29, 1.82) is 0 Å². The van der Waals surface area contributed by atoms with Gasteiger partial charge in [-0.2, -0.15) is 0 Å². The van der Waals surface area contributed by atoms with Crippen molar-refractivity contribution < 1.29 is 14.1 Å². The molecule has 1 atom stereocenters. The fraction of sp³-hybridized carbons (Fsp3) is 0.455. The number of anilines is 1. The Morgan fingerprint density at radius 1 is 1.53 bits per heavy atom. The summed E-state index contributed by atoms with van der Waals surface area (Å²) < 4.78 is 18.2. The van der Waals surface area contributed by atoms with Crippen molar-refractivity contribution in [3.63, 3.8) is 0 Å². The standard InChI is InChI=1S/C11H15FN2O3/c1-8(7-17-3)13(2)10-4-9(12)5-11(6-10)14(15)16/h4-6,8H,7H2,1-3H3. The van der Waals surface area contributed by atoms with Crippen molar-refractivity contribution in [1.82, 2.24) is 0 Å². The van der Waals surface area contributed by atoms with Crippen LogP contribution in [0.15, 0.2) is 18.2 Å². The number of rotatable bonds is 5. The summed E-state index contributed by atoms with van der Waals surface area (Å²) in [5.41, 5.74) is 0.206. The van der Waals surface area contributed by atoms with Crippen LogP contribution in [0.1, 0.15) is 6.92 Å². The van der Waals surface area contributed by atoms with Crippen LogP contribution in [0, 0.1) is 15.9 Å². The second-order valence-corrected chi connectivity index (χ2v) is 3.84. The normalized spacial score (nSPS) is 12.2. The zero-order valence-electron chi connectivity index (χ0n) is 10.0. The van der Waals surface area contributed by atoms with E-state index in [4.69, 9.17) is 4.74 Å². The van der Waals surface area contributed by atoms with Crippen LogP contribution in [0.2, 0.25) is 0 Å². The zero-order chi connectivity index (χ0) is 13.0. The molecule has 0 amide bonds. The van der Waals surface area contributed by atoms with Crippen molar-refractivity contribution in [2.24, 2.45) is 0 Å². The van der Waals surface area contributed by atoms with Gasteiger partial charge in [-0.15, -0.1) is 0 Å². The lowest BCUT2D eigenvalue weighted by Crippen LogP contribution is -2.32. The Morgan fingerprint density at radius 2 is 2.18 bits per heavy atom. The summed E-state index contributed by atoms with van der Waals surface area (Å²) in [7, 11) is 3.31. The molecule has 17 heavy (non-hydrogen) atoms. The lowest BCUT2D eigenvalue weighted by Gasteiger charge is -2.26. The lowest BCUT2D eigenvalue weighted by atomic mass is 10.2. The Morgan fingerprint density at radius 3 is 2.71 bits per heavy atom. The summed E-state index contributed by atoms with van der Waals surface area (Å²) in [6, 6.07) is 3.51. The van der Waals surface area contributed by atoms with E-state index < -0.39 is 10.7 Å². The van der Waals surface area contributed by atoms with Gasteiger partial charge in [-0.25, -0.2) is 4.39 Å². The molecule has 0 N–H and O–H groups in total. The maximum absolute atomic E-state index is 13.2. The summed E-state index contributed by atoms with van der Waals surface area (Å²) in [6.45, 7) is 2.35. The van der Waals surface area contributed by atoms with E-state index in [1.54, 1.807) is 19.1 Å². The number of ether oxygens (including phenoxy) is 1. The number of halogens is 1. The van der Waals surface area contributed by atoms with Gasteiger partial charge in [0.25, 0.3) is 5.69 Å². The molecule has 5 nitrogen and oxygen atoms in total. The van der Waals surface area contributed by atoms with Crippen molar-refractivity contribution in [2.45, 2.75) is 13.0 Å². The van der Waals surface area contributed by atoms with Gasteiger partial charge in [-0.3, -0.25) is 10.1 Å². The van der Waals surface area contributed by atoms with E-state index >= 15 is 0 Å². The number of non-ortho nitro benzene ring substituents is 1. The van der Waals surface area contributed by atoms with Crippen LogP contribution in [0.25, 0.3) is 0 Å². The molecule has 1 unspecified atom stereocenters. The first-order valence-electron chi connectivity index (χ1n) is 5.12. The van der Waals surface area contributed by atoms with Gasteiger partial charge in [-0.05, 0) is 13.0 Å². The van der Waals surface area contributed by atoms with E-state index in [0.29, 0.717) is 12.3 Å². The summed E-state index contributed by atoms with van der Waals surface area (Å²) >= 11 is 0. The van der Waals surface area contributed by atoms with E-state index in [1.807, 2.05) is 6.92 Å². The average molecular weight is 242 g/mol. The molecule has 0 heterocycles. The van der Waals surface area contributed by atoms with Crippen LogP contribution in [-0.4, -0.2) is 31.7 Å². The second-order valence-electron chi connectivity index (χ2n) is 3.84. The number of methoxy groups -OCH3 is 1. The Hall–Kier alpha value is -1.69. The van der Waals surface area contributed by atoms with Crippen LogP contribution < -0.4 is 4.90 Å². The molecule has 0 aliphatic rings. The number of nitro groups is 1. The molecule has 0 spiro atoms. The third-order valence-electron chi connectivity index (χ3n) is 2.55. The molecule has 0 radical (unpaired) electrons. The highest BCUT2D eigenvalue weighted by atomic mass is 19.1. The van der Waals surface area contributed by atoms with Gasteiger partial charge < -0.3 is 9.64 Å². The Balaban J connectivity index is 3.01. The Kier molecular flexibility index (Phi) is 4.39. The van der Waals surface area contributed by atoms with E-state index in [1.165, 1.54) is 12.1 Å². The van der Waals surface area contributed by atoms with Gasteiger partial charge in [0.2, 0.25) is 0 Å². The second kappa shape index (κ2) is 5.58. The quantitative estimate of drug-likeness (QED) is 0.586. The highest BCUT2D eigenvalue weighted by molar-refractivity contribution is 5.53. The predicted octanol–water partition coefficient (Wildman–Crippen LogP) is 2.21. The van der Waals surface area contributed by atoms with Gasteiger partial charge in [-0.1, -0.05) is 0 Å². The van der Waals surface area contributed by atoms with Crippen LogP contribution in [0.4, 0.5) is 15.8 Å². The van der Waals surface area contributed by atoms with E-state index in [9.17, 15) is 14.5 Å². The van der Waals surface area contributed by atoms with E-state index in [2.05, 4.69) is 0 Å². The first-order valence-corrected chi connectivity index (χ1v) is 5.12. The fourth-order valence-corrected chi connectivity index (χ4v) is 1.48. The minimum atomic E-state index is -0.620. The molecule has 0 aromatic heterocycles. The van der Waals surface area contributed by atoms with Crippen LogP contribution >= 0.6 is 0 Å². The Labute approximate surface area is 98.9 Å². The summed E-state index contributed by atoms with van der Waals surface area (Å²) in [5, 5.41) is 10.6. The topological polar surface area (TPSA) is 55.6 Å². The van der Waals surface area contributed by atoms with Crippen molar-refractivity contribution in [3.05, 3.63) is 34.1 Å². The van der Waals surface area contributed by atoms with Gasteiger partial charge >= 0.3 is 0 Å². The number of likely N-dealkylation sites (N-methyl/N-ethyl adjacent to an activating group) is 1. The highest BCUT2D eigenvalue weighted by Gasteiger charge is 2.15. The third-order valence-corrected chi connectivity index (χ3v) is 2.55. The number of benzene rings is 1. The molecule has 0 aliphatic carbocycles. The molecule has 0 fully saturated rings. The molecule has 1 aromatic rings. The van der Waals surface area contributed by atoms with Crippen LogP contribution in [0.5, 0.6) is 0 Å². The zero-order valence-corrected chi connectivity index (χ0v) is 10.0. The molecule has 1 aromatic carbocycles. The summed E-state index contributed by atoms with van der Waals surface area (Å²) in [5.74, 6) is -0.620. The van der Waals surface area contributed by atoms with E-state index in [0.717, 1.165) is 6.07 Å². The lowest BCUT2D eigenvalue weighted by molar-refractivity contribution is -0.385. The molecule has 0 bridgehead atoms. The minimum Gasteiger partial charge on any atom is -0.383 e. The van der Waals surface area contributed by atoms with Gasteiger partial charge in [0, 0.05) is 32.0 Å². The average Bonchev–Trinajstić information content (AvgIpc) is 2.27. The minimum absolute atomic E-state index is 0.00130. The van der Waals surface area contributed by atoms with Crippen molar-refractivity contribution in [3.8, 4) is 0 Å². The molecular formula is C11H15FN2O3. The monoisotopic (exact) mass is 242 g/mol. The van der Waals surface area contributed by atoms with Crippen molar-refractivity contribution in [2.75, 3.05) is 25.7 Å². The number of nitro benzene ring substituents is 1. The molecule has 0 saturated carbocycles. The fourth-order valence-electron chi connectivity index (χ4n) is 1.48. The number of nitrogens with zero attached hydrogens (tertiary/aromatic N) is 2. The molecular weight excluding hydrogens is 227 g/mol. The van der Waals surface area contributed by atoms with Crippen LogP contribution in [0.3, 0.4) is 0 Å². The first kappa shape index (κ1) is 13.4. The maximum Gasteiger partial charge on any atom is 0.274 e. The molecule has 94 valence electrons. The van der Waals surface area contributed by atoms with E-state index in [-0.39, 0.29) is 11.7 Å². The summed E-state index contributed by atoms with van der Waals surface area (Å²) in [4.78, 5) is 11.7. The predicted molar refractivity (Wildman–Crippen MR) is 62.8 cm³/mol. The number of hydrogen-bond donors (Lipinski definition) is 0. The van der Waals surface area contributed by atoms with Gasteiger partial charge in [0.05, 0.1) is 17.6 Å². The molecule has 0 aliphatic heterocycles. The summed E-state index contributed by atoms with van der Waals surface area (Å²) in [6.07, 6.45) is 0. The van der Waals surface area contributed by atoms with Gasteiger partial charge in [0.1, 0.15) is 5.82 Å². The van der Waals surface area contributed by atoms with Crippen LogP contribution in [-0.2, 0) is 4.74 Å². The molecule has 1 rings (SSSR count). The Bertz CT molecular complexity index is 412. The maximum atomic E-state index is 13.2. The third kappa shape index (κ3) is 3.39. The first-order chi connectivity index (χ1) is 7.95. The highest BCUT2D eigenvalue weighted by Crippen LogP contribution is 2.23. The number of hydrogen-bond acceptors (Lipinski definition) is 4. The van der Waals surface area contributed by atoms with Gasteiger partial charge in [0.15, 0.2) is 0 Å². The molecule has 6 heteroatoms. The molecule has 0 saturated heterocycles. The smallest absolute Gasteiger partial charge is 0.274 e. The van der Waals surface area contributed by atoms with Crippen molar-refractivity contribution >= 4 is 11.4 Å². The largest absolute Gasteiger partial charge is 0.383 e. The SMILES string of the molecule is COCC(C)N(C)c1cc(F)cc([N+](=O)[O-])c1.